The van der Waals surface area contributed by atoms with Gasteiger partial charge in [0.05, 0.1) is 5.02 Å². The number of nitrogens with zero attached hydrogens (tertiary/aromatic N) is 3. The van der Waals surface area contributed by atoms with Crippen LogP contribution in [0.1, 0.15) is 12.8 Å². The molecular weight excluding hydrogens is 312 g/mol. The molecule has 6 nitrogen and oxygen atoms in total. The zero-order chi connectivity index (χ0) is 15.6. The molecule has 0 unspecified atom stereocenters. The molecule has 0 aromatic carbocycles. The Morgan fingerprint density at radius 1 is 1.38 bits per heavy atom. The maximum Gasteiger partial charge on any atom is 0.244 e. The number of anilines is 1. The SMILES string of the molecule is CNc1ncc(S(=O)(=O)N2CCC(N(C)C)CC2)cc1Cl. The number of rotatable bonds is 4. The van der Waals surface area contributed by atoms with Gasteiger partial charge in [-0.2, -0.15) is 4.31 Å². The minimum atomic E-state index is -3.52. The van der Waals surface area contributed by atoms with Gasteiger partial charge in [-0.25, -0.2) is 13.4 Å². The van der Waals surface area contributed by atoms with E-state index in [1.54, 1.807) is 7.05 Å². The van der Waals surface area contributed by atoms with Crippen LogP contribution in [-0.2, 0) is 10.0 Å². The fourth-order valence-corrected chi connectivity index (χ4v) is 4.26. The second kappa shape index (κ2) is 6.48. The second-order valence-corrected chi connectivity index (χ2v) is 7.70. The van der Waals surface area contributed by atoms with Gasteiger partial charge in [0, 0.05) is 32.4 Å². The Hall–Kier alpha value is -0.890. The predicted molar refractivity (Wildman–Crippen MR) is 84.3 cm³/mol. The summed E-state index contributed by atoms with van der Waals surface area (Å²) in [6.45, 7) is 1.05. The first-order valence-electron chi connectivity index (χ1n) is 6.86. The first-order chi connectivity index (χ1) is 9.86. The van der Waals surface area contributed by atoms with Gasteiger partial charge in [0.15, 0.2) is 0 Å². The minimum absolute atomic E-state index is 0.148. The molecule has 1 aliphatic heterocycles. The van der Waals surface area contributed by atoms with Crippen molar-refractivity contribution in [3.8, 4) is 0 Å². The number of hydrogen-bond donors (Lipinski definition) is 1. The third kappa shape index (κ3) is 3.48. The monoisotopic (exact) mass is 332 g/mol. The van der Waals surface area contributed by atoms with Crippen molar-refractivity contribution in [3.05, 3.63) is 17.3 Å². The molecule has 2 rings (SSSR count). The van der Waals surface area contributed by atoms with Gasteiger partial charge in [-0.3, -0.25) is 0 Å². The fourth-order valence-electron chi connectivity index (χ4n) is 2.49. The molecule has 118 valence electrons. The van der Waals surface area contributed by atoms with Crippen LogP contribution < -0.4 is 5.32 Å². The molecule has 1 aliphatic rings. The number of aromatic nitrogens is 1. The highest BCUT2D eigenvalue weighted by atomic mass is 35.5. The zero-order valence-corrected chi connectivity index (χ0v) is 14.1. The summed E-state index contributed by atoms with van der Waals surface area (Å²) < 4.78 is 26.7. The summed E-state index contributed by atoms with van der Waals surface area (Å²) in [5.74, 6) is 0.474. The molecule has 2 heterocycles. The Bertz CT molecular complexity index is 598. The summed E-state index contributed by atoms with van der Waals surface area (Å²) in [4.78, 5) is 6.33. The van der Waals surface area contributed by atoms with E-state index in [0.29, 0.717) is 30.0 Å². The lowest BCUT2D eigenvalue weighted by Crippen LogP contribution is -2.44. The topological polar surface area (TPSA) is 65.5 Å². The lowest BCUT2D eigenvalue weighted by atomic mass is 10.1. The van der Waals surface area contributed by atoms with Crippen molar-refractivity contribution in [1.29, 1.82) is 0 Å². The standard InChI is InChI=1S/C13H21ClN4O2S/c1-15-13-12(14)8-11(9-16-13)21(19,20)18-6-4-10(5-7-18)17(2)3/h8-10H,4-7H2,1-3H3,(H,15,16). The molecule has 1 N–H and O–H groups in total. The normalized spacial score (nSPS) is 18.1. The number of pyridine rings is 1. The molecule has 1 aromatic heterocycles. The van der Waals surface area contributed by atoms with Crippen molar-refractivity contribution in [1.82, 2.24) is 14.2 Å². The van der Waals surface area contributed by atoms with E-state index in [1.807, 2.05) is 14.1 Å². The first kappa shape index (κ1) is 16.5. The number of halogens is 1. The molecule has 0 radical (unpaired) electrons. The molecule has 1 saturated heterocycles. The fraction of sp³-hybridized carbons (Fsp3) is 0.615. The van der Waals surface area contributed by atoms with Gasteiger partial charge in [0.1, 0.15) is 10.7 Å². The van der Waals surface area contributed by atoms with Crippen LogP contribution in [-0.4, -0.2) is 62.9 Å². The quantitative estimate of drug-likeness (QED) is 0.905. The third-order valence-corrected chi connectivity index (χ3v) is 6.00. The summed E-state index contributed by atoms with van der Waals surface area (Å²) in [6, 6.07) is 1.89. The molecule has 0 aliphatic carbocycles. The van der Waals surface area contributed by atoms with Crippen LogP contribution in [0.4, 0.5) is 5.82 Å². The summed E-state index contributed by atoms with van der Waals surface area (Å²) in [5, 5.41) is 3.12. The summed E-state index contributed by atoms with van der Waals surface area (Å²) >= 11 is 6.02. The van der Waals surface area contributed by atoms with Crippen molar-refractivity contribution in [2.45, 2.75) is 23.8 Å². The molecule has 1 fully saturated rings. The van der Waals surface area contributed by atoms with Gasteiger partial charge < -0.3 is 10.2 Å². The Labute approximate surface area is 131 Å². The molecule has 0 spiro atoms. The zero-order valence-electron chi connectivity index (χ0n) is 12.5. The minimum Gasteiger partial charge on any atom is -0.372 e. The van der Waals surface area contributed by atoms with Crippen LogP contribution in [0.3, 0.4) is 0 Å². The molecule has 0 bridgehead atoms. The maximum absolute atomic E-state index is 12.6. The van der Waals surface area contributed by atoms with Gasteiger partial charge in [0.25, 0.3) is 0 Å². The first-order valence-corrected chi connectivity index (χ1v) is 8.68. The number of nitrogens with one attached hydrogen (secondary N) is 1. The van der Waals surface area contributed by atoms with Crippen LogP contribution >= 0.6 is 11.6 Å². The van der Waals surface area contributed by atoms with E-state index >= 15 is 0 Å². The number of hydrogen-bond acceptors (Lipinski definition) is 5. The lowest BCUT2D eigenvalue weighted by Gasteiger charge is -2.34. The Morgan fingerprint density at radius 3 is 2.48 bits per heavy atom. The second-order valence-electron chi connectivity index (χ2n) is 5.35. The van der Waals surface area contributed by atoms with Gasteiger partial charge in [-0.15, -0.1) is 0 Å². The van der Waals surface area contributed by atoms with Crippen molar-refractivity contribution in [2.75, 3.05) is 39.5 Å². The van der Waals surface area contributed by atoms with Gasteiger partial charge in [-0.1, -0.05) is 11.6 Å². The molecule has 0 atom stereocenters. The van der Waals surface area contributed by atoms with Gasteiger partial charge in [0.2, 0.25) is 10.0 Å². The van der Waals surface area contributed by atoms with Crippen molar-refractivity contribution >= 4 is 27.4 Å². The van der Waals surface area contributed by atoms with E-state index < -0.39 is 10.0 Å². The Kier molecular flexibility index (Phi) is 5.08. The highest BCUT2D eigenvalue weighted by Gasteiger charge is 2.30. The molecular formula is C13H21ClN4O2S. The van der Waals surface area contributed by atoms with Gasteiger partial charge in [-0.05, 0) is 33.0 Å². The van der Waals surface area contributed by atoms with E-state index in [2.05, 4.69) is 15.2 Å². The molecule has 1 aromatic rings. The smallest absolute Gasteiger partial charge is 0.244 e. The average Bonchev–Trinajstić information content (AvgIpc) is 2.47. The van der Waals surface area contributed by atoms with Crippen LogP contribution in [0, 0.1) is 0 Å². The van der Waals surface area contributed by atoms with E-state index in [9.17, 15) is 8.42 Å². The van der Waals surface area contributed by atoms with Crippen molar-refractivity contribution in [3.63, 3.8) is 0 Å². The molecule has 0 amide bonds. The largest absolute Gasteiger partial charge is 0.372 e. The molecule has 21 heavy (non-hydrogen) atoms. The van der Waals surface area contributed by atoms with Gasteiger partial charge >= 0.3 is 0 Å². The van der Waals surface area contributed by atoms with E-state index in [0.717, 1.165) is 12.8 Å². The average molecular weight is 333 g/mol. The van der Waals surface area contributed by atoms with E-state index in [1.165, 1.54) is 16.6 Å². The van der Waals surface area contributed by atoms with E-state index in [-0.39, 0.29) is 4.90 Å². The predicted octanol–water partition coefficient (Wildman–Crippen LogP) is 1.49. The number of piperidine rings is 1. The highest BCUT2D eigenvalue weighted by Crippen LogP contribution is 2.26. The Morgan fingerprint density at radius 2 is 2.00 bits per heavy atom. The summed E-state index contributed by atoms with van der Waals surface area (Å²) in [5.41, 5.74) is 0. The van der Waals surface area contributed by atoms with Crippen molar-refractivity contribution in [2.24, 2.45) is 0 Å². The van der Waals surface area contributed by atoms with Crippen LogP contribution in [0.15, 0.2) is 17.2 Å². The van der Waals surface area contributed by atoms with Crippen LogP contribution in [0.5, 0.6) is 0 Å². The lowest BCUT2D eigenvalue weighted by molar-refractivity contribution is 0.196. The van der Waals surface area contributed by atoms with Crippen LogP contribution in [0.2, 0.25) is 5.02 Å². The van der Waals surface area contributed by atoms with E-state index in [4.69, 9.17) is 11.6 Å². The number of sulfonamides is 1. The highest BCUT2D eigenvalue weighted by molar-refractivity contribution is 7.89. The van der Waals surface area contributed by atoms with Crippen LogP contribution in [0.25, 0.3) is 0 Å². The third-order valence-electron chi connectivity index (χ3n) is 3.84. The van der Waals surface area contributed by atoms with Crippen molar-refractivity contribution < 1.29 is 8.42 Å². The summed E-state index contributed by atoms with van der Waals surface area (Å²) in [7, 11) is 2.22. The molecule has 8 heteroatoms. The molecule has 0 saturated carbocycles. The Balaban J connectivity index is 2.17. The maximum atomic E-state index is 12.6. The summed E-state index contributed by atoms with van der Waals surface area (Å²) in [6.07, 6.45) is 3.02.